The lowest BCUT2D eigenvalue weighted by atomic mass is 10.2. The van der Waals surface area contributed by atoms with Crippen LogP contribution in [0.1, 0.15) is 5.56 Å². The van der Waals surface area contributed by atoms with Crippen LogP contribution in [0.4, 0.5) is 0 Å². The first-order valence-corrected chi connectivity index (χ1v) is 7.17. The molecular weight excluding hydrogens is 342 g/mol. The molecule has 118 valence electrons. The zero-order chi connectivity index (χ0) is 15.7. The maximum atomic E-state index is 11.1. The lowest BCUT2D eigenvalue weighted by Gasteiger charge is -2.14. The Hall–Kier alpha value is -1.31. The predicted molar refractivity (Wildman–Crippen MR) is 81.8 cm³/mol. The minimum absolute atomic E-state index is 0.170. The number of ether oxygens (including phenoxy) is 4. The second-order valence-corrected chi connectivity index (χ2v) is 5.00. The van der Waals surface area contributed by atoms with Crippen LogP contribution in [-0.2, 0) is 20.8 Å². The molecule has 0 aliphatic carbocycles. The summed E-state index contributed by atoms with van der Waals surface area (Å²) in [6.07, 6.45) is 0. The molecule has 6 nitrogen and oxygen atoms in total. The van der Waals surface area contributed by atoms with Crippen molar-refractivity contribution in [1.82, 2.24) is 5.32 Å². The lowest BCUT2D eigenvalue weighted by molar-refractivity contribution is -0.142. The molecule has 1 rings (SSSR count). The second-order valence-electron chi connectivity index (χ2n) is 4.14. The van der Waals surface area contributed by atoms with Crippen molar-refractivity contribution in [2.24, 2.45) is 0 Å². The Balaban J connectivity index is 2.74. The number of halogens is 1. The molecule has 0 aliphatic rings. The Labute approximate surface area is 132 Å². The third-order valence-electron chi connectivity index (χ3n) is 2.66. The number of benzene rings is 1. The highest BCUT2D eigenvalue weighted by atomic mass is 79.9. The molecule has 1 aromatic rings. The van der Waals surface area contributed by atoms with E-state index in [0.29, 0.717) is 29.1 Å². The quantitative estimate of drug-likeness (QED) is 0.533. The maximum Gasteiger partial charge on any atom is 0.343 e. The Morgan fingerprint density at radius 1 is 1.29 bits per heavy atom. The van der Waals surface area contributed by atoms with Crippen LogP contribution in [0, 0.1) is 0 Å². The van der Waals surface area contributed by atoms with Gasteiger partial charge in [0.05, 0.1) is 25.3 Å². The summed E-state index contributed by atoms with van der Waals surface area (Å²) in [5, 5.41) is 3.24. The van der Waals surface area contributed by atoms with Crippen LogP contribution >= 0.6 is 15.9 Å². The molecule has 0 fully saturated rings. The number of methoxy groups -OCH3 is 3. The molecule has 21 heavy (non-hydrogen) atoms. The molecule has 0 amide bonds. The maximum absolute atomic E-state index is 11.1. The van der Waals surface area contributed by atoms with Gasteiger partial charge in [0.25, 0.3) is 0 Å². The van der Waals surface area contributed by atoms with E-state index in [-0.39, 0.29) is 6.61 Å². The van der Waals surface area contributed by atoms with E-state index in [2.05, 4.69) is 26.0 Å². The first kappa shape index (κ1) is 17.7. The number of esters is 1. The monoisotopic (exact) mass is 361 g/mol. The summed E-state index contributed by atoms with van der Waals surface area (Å²) in [5.74, 6) is 0.578. The molecule has 0 spiro atoms. The van der Waals surface area contributed by atoms with Gasteiger partial charge in [-0.1, -0.05) is 0 Å². The summed E-state index contributed by atoms with van der Waals surface area (Å²) in [4.78, 5) is 11.1. The highest BCUT2D eigenvalue weighted by Crippen LogP contribution is 2.36. The number of hydrogen-bond acceptors (Lipinski definition) is 6. The van der Waals surface area contributed by atoms with E-state index in [0.717, 1.165) is 12.1 Å². The first-order valence-electron chi connectivity index (χ1n) is 6.38. The van der Waals surface area contributed by atoms with Crippen LogP contribution < -0.4 is 14.8 Å². The van der Waals surface area contributed by atoms with Crippen molar-refractivity contribution in [1.29, 1.82) is 0 Å². The number of nitrogens with one attached hydrogen (secondary N) is 1. The van der Waals surface area contributed by atoms with Gasteiger partial charge >= 0.3 is 5.97 Å². The molecule has 0 bridgehead atoms. The molecule has 0 saturated heterocycles. The fourth-order valence-electron chi connectivity index (χ4n) is 1.61. The SMILES string of the molecule is COCCNCc1cc(Br)c(OCC(=O)OC)c(OC)c1. The van der Waals surface area contributed by atoms with E-state index in [4.69, 9.17) is 14.2 Å². The Morgan fingerprint density at radius 2 is 2.05 bits per heavy atom. The molecule has 0 saturated carbocycles. The van der Waals surface area contributed by atoms with Crippen molar-refractivity contribution in [3.05, 3.63) is 22.2 Å². The third kappa shape index (κ3) is 5.91. The molecule has 0 aliphatic heterocycles. The van der Waals surface area contributed by atoms with E-state index < -0.39 is 5.97 Å². The van der Waals surface area contributed by atoms with Crippen LogP contribution in [-0.4, -0.2) is 47.1 Å². The fourth-order valence-corrected chi connectivity index (χ4v) is 2.22. The first-order chi connectivity index (χ1) is 10.1. The van der Waals surface area contributed by atoms with Gasteiger partial charge in [-0.3, -0.25) is 0 Å². The van der Waals surface area contributed by atoms with Crippen LogP contribution in [0.5, 0.6) is 11.5 Å². The van der Waals surface area contributed by atoms with E-state index in [1.54, 1.807) is 14.2 Å². The minimum atomic E-state index is -0.450. The van der Waals surface area contributed by atoms with Gasteiger partial charge in [-0.15, -0.1) is 0 Å². The number of carbonyl (C=O) groups is 1. The molecule has 1 aromatic carbocycles. The fraction of sp³-hybridized carbons (Fsp3) is 0.500. The van der Waals surface area contributed by atoms with Crippen molar-refractivity contribution in [3.63, 3.8) is 0 Å². The van der Waals surface area contributed by atoms with Crippen molar-refractivity contribution in [2.75, 3.05) is 41.1 Å². The van der Waals surface area contributed by atoms with Crippen molar-refractivity contribution < 1.29 is 23.7 Å². The Morgan fingerprint density at radius 3 is 2.67 bits per heavy atom. The molecule has 0 unspecified atom stereocenters. The van der Waals surface area contributed by atoms with Gasteiger partial charge in [0.1, 0.15) is 0 Å². The zero-order valence-corrected chi connectivity index (χ0v) is 14.0. The van der Waals surface area contributed by atoms with E-state index >= 15 is 0 Å². The molecule has 0 heterocycles. The number of hydrogen-bond donors (Lipinski definition) is 1. The average Bonchev–Trinajstić information content (AvgIpc) is 2.49. The third-order valence-corrected chi connectivity index (χ3v) is 3.25. The molecule has 0 aromatic heterocycles. The van der Waals surface area contributed by atoms with Gasteiger partial charge in [-0.2, -0.15) is 0 Å². The second kappa shape index (κ2) is 9.59. The summed E-state index contributed by atoms with van der Waals surface area (Å²) in [7, 11) is 4.52. The van der Waals surface area contributed by atoms with Gasteiger partial charge in [0.2, 0.25) is 0 Å². The summed E-state index contributed by atoms with van der Waals surface area (Å²) >= 11 is 3.42. The highest BCUT2D eigenvalue weighted by Gasteiger charge is 2.13. The molecule has 7 heteroatoms. The largest absolute Gasteiger partial charge is 0.493 e. The van der Waals surface area contributed by atoms with Gasteiger partial charge < -0.3 is 24.3 Å². The molecule has 0 radical (unpaired) electrons. The van der Waals surface area contributed by atoms with Gasteiger partial charge in [0, 0.05) is 20.2 Å². The van der Waals surface area contributed by atoms with Crippen LogP contribution in [0.2, 0.25) is 0 Å². The lowest BCUT2D eigenvalue weighted by Crippen LogP contribution is -2.18. The van der Waals surface area contributed by atoms with E-state index in [1.165, 1.54) is 7.11 Å². The van der Waals surface area contributed by atoms with Crippen molar-refractivity contribution >= 4 is 21.9 Å². The minimum Gasteiger partial charge on any atom is -0.493 e. The van der Waals surface area contributed by atoms with Gasteiger partial charge in [-0.25, -0.2) is 4.79 Å². The molecule has 1 N–H and O–H groups in total. The Bertz CT molecular complexity index is 467. The molecular formula is C14H20BrNO5. The number of rotatable bonds is 9. The summed E-state index contributed by atoms with van der Waals surface area (Å²) < 4.78 is 21.0. The van der Waals surface area contributed by atoms with Crippen LogP contribution in [0.3, 0.4) is 0 Å². The molecule has 0 atom stereocenters. The summed E-state index contributed by atoms with van der Waals surface area (Å²) in [5.41, 5.74) is 1.03. The normalized spacial score (nSPS) is 10.3. The topological polar surface area (TPSA) is 66.0 Å². The number of carbonyl (C=O) groups excluding carboxylic acids is 1. The van der Waals surface area contributed by atoms with E-state index in [9.17, 15) is 4.79 Å². The predicted octanol–water partition coefficient (Wildman–Crippen LogP) is 1.75. The zero-order valence-electron chi connectivity index (χ0n) is 12.4. The van der Waals surface area contributed by atoms with Crippen LogP contribution in [0.25, 0.3) is 0 Å². The Kier molecular flexibility index (Phi) is 8.11. The highest BCUT2D eigenvalue weighted by molar-refractivity contribution is 9.10. The standard InChI is InChI=1S/C14H20BrNO5/c1-18-5-4-16-8-10-6-11(15)14(12(7-10)19-2)21-9-13(17)20-3/h6-7,16H,4-5,8-9H2,1-3H3. The average molecular weight is 362 g/mol. The summed E-state index contributed by atoms with van der Waals surface area (Å²) in [6.45, 7) is 1.92. The van der Waals surface area contributed by atoms with Gasteiger partial charge in [0.15, 0.2) is 18.1 Å². The summed E-state index contributed by atoms with van der Waals surface area (Å²) in [6, 6.07) is 3.77. The van der Waals surface area contributed by atoms with Gasteiger partial charge in [-0.05, 0) is 33.6 Å². The van der Waals surface area contributed by atoms with Crippen molar-refractivity contribution in [2.45, 2.75) is 6.54 Å². The van der Waals surface area contributed by atoms with E-state index in [1.807, 2.05) is 12.1 Å². The smallest absolute Gasteiger partial charge is 0.343 e. The van der Waals surface area contributed by atoms with Crippen LogP contribution in [0.15, 0.2) is 16.6 Å². The van der Waals surface area contributed by atoms with Crippen molar-refractivity contribution in [3.8, 4) is 11.5 Å².